The summed E-state index contributed by atoms with van der Waals surface area (Å²) >= 11 is 0. The predicted octanol–water partition coefficient (Wildman–Crippen LogP) is 1.80. The fourth-order valence-electron chi connectivity index (χ4n) is 2.23. The molecule has 116 valence electrons. The van der Waals surface area contributed by atoms with E-state index < -0.39 is 0 Å². The van der Waals surface area contributed by atoms with Crippen molar-refractivity contribution in [2.45, 2.75) is 25.4 Å². The second-order valence-electron chi connectivity index (χ2n) is 5.01. The molecule has 2 rings (SSSR count). The molecule has 0 aliphatic carbocycles. The Hall–Kier alpha value is -1.79. The average Bonchev–Trinajstić information content (AvgIpc) is 2.48. The second kappa shape index (κ2) is 7.85. The minimum Gasteiger partial charge on any atom is -0.495 e. The lowest BCUT2D eigenvalue weighted by atomic mass is 10.1. The van der Waals surface area contributed by atoms with Gasteiger partial charge in [-0.1, -0.05) is 0 Å². The summed E-state index contributed by atoms with van der Waals surface area (Å²) in [6.45, 7) is 1.21. The Morgan fingerprint density at radius 2 is 2.33 bits per heavy atom. The number of rotatable bonds is 6. The fraction of sp³-hybridized carbons (Fsp3) is 0.533. The minimum atomic E-state index is -0.241. The van der Waals surface area contributed by atoms with E-state index in [1.165, 1.54) is 7.11 Å². The van der Waals surface area contributed by atoms with E-state index in [1.807, 2.05) is 0 Å². The number of nitrogen functional groups attached to an aromatic ring is 1. The molecule has 1 aliphatic rings. The summed E-state index contributed by atoms with van der Waals surface area (Å²) in [7, 11) is 1.54. The molecule has 6 heteroatoms. The Bertz CT molecular complexity index is 473. The van der Waals surface area contributed by atoms with Crippen molar-refractivity contribution in [1.29, 1.82) is 0 Å². The SMILES string of the molecule is COc1ccc(N)cc1NC(=O)COCC1CCCCO1. The van der Waals surface area contributed by atoms with Crippen LogP contribution in [0.25, 0.3) is 0 Å². The standard InChI is InChI=1S/C15H22N2O4/c1-19-14-6-5-11(16)8-13(14)17-15(18)10-20-9-12-4-2-3-7-21-12/h5-6,8,12H,2-4,7,9-10,16H2,1H3,(H,17,18). The van der Waals surface area contributed by atoms with Gasteiger partial charge in [-0.15, -0.1) is 0 Å². The van der Waals surface area contributed by atoms with Gasteiger partial charge in [0.1, 0.15) is 12.4 Å². The van der Waals surface area contributed by atoms with Crippen molar-refractivity contribution in [3.8, 4) is 5.75 Å². The summed E-state index contributed by atoms with van der Waals surface area (Å²) in [4.78, 5) is 11.9. The van der Waals surface area contributed by atoms with Crippen LogP contribution in [0.4, 0.5) is 11.4 Å². The van der Waals surface area contributed by atoms with E-state index in [1.54, 1.807) is 18.2 Å². The number of benzene rings is 1. The number of hydrogen-bond donors (Lipinski definition) is 2. The fourth-order valence-corrected chi connectivity index (χ4v) is 2.23. The summed E-state index contributed by atoms with van der Waals surface area (Å²) in [5.41, 5.74) is 6.80. The molecule has 1 fully saturated rings. The number of hydrogen-bond acceptors (Lipinski definition) is 5. The van der Waals surface area contributed by atoms with Crippen LogP contribution in [-0.4, -0.2) is 38.9 Å². The first-order valence-electron chi connectivity index (χ1n) is 7.11. The van der Waals surface area contributed by atoms with E-state index >= 15 is 0 Å². The van der Waals surface area contributed by atoms with E-state index in [2.05, 4.69) is 5.32 Å². The van der Waals surface area contributed by atoms with Crippen LogP contribution >= 0.6 is 0 Å². The Morgan fingerprint density at radius 1 is 1.48 bits per heavy atom. The summed E-state index contributed by atoms with van der Waals surface area (Å²) in [5, 5.41) is 2.73. The van der Waals surface area contributed by atoms with Crippen LogP contribution in [0, 0.1) is 0 Å². The lowest BCUT2D eigenvalue weighted by molar-refractivity contribution is -0.122. The van der Waals surface area contributed by atoms with Gasteiger partial charge in [-0.25, -0.2) is 0 Å². The lowest BCUT2D eigenvalue weighted by Crippen LogP contribution is -2.27. The van der Waals surface area contributed by atoms with Crippen molar-refractivity contribution in [3.63, 3.8) is 0 Å². The molecular formula is C15H22N2O4. The van der Waals surface area contributed by atoms with Gasteiger partial charge in [0.2, 0.25) is 5.91 Å². The molecule has 1 aliphatic heterocycles. The molecule has 1 amide bonds. The average molecular weight is 294 g/mol. The summed E-state index contributed by atoms with van der Waals surface area (Å²) in [6, 6.07) is 5.08. The van der Waals surface area contributed by atoms with E-state index in [0.29, 0.717) is 23.7 Å². The summed E-state index contributed by atoms with van der Waals surface area (Å²) in [6.07, 6.45) is 3.35. The van der Waals surface area contributed by atoms with Gasteiger partial charge in [0, 0.05) is 12.3 Å². The van der Waals surface area contributed by atoms with Gasteiger partial charge in [-0.05, 0) is 37.5 Å². The Balaban J connectivity index is 1.77. The molecule has 1 atom stereocenters. The monoisotopic (exact) mass is 294 g/mol. The summed E-state index contributed by atoms with van der Waals surface area (Å²) in [5.74, 6) is 0.322. The van der Waals surface area contributed by atoms with Gasteiger partial charge in [-0.3, -0.25) is 4.79 Å². The highest BCUT2D eigenvalue weighted by atomic mass is 16.5. The van der Waals surface area contributed by atoms with Crippen LogP contribution in [0.15, 0.2) is 18.2 Å². The van der Waals surface area contributed by atoms with E-state index in [-0.39, 0.29) is 18.6 Å². The number of amides is 1. The molecule has 0 aromatic heterocycles. The molecule has 0 radical (unpaired) electrons. The molecular weight excluding hydrogens is 272 g/mol. The van der Waals surface area contributed by atoms with Crippen LogP contribution in [-0.2, 0) is 14.3 Å². The number of carbonyl (C=O) groups excluding carboxylic acids is 1. The Morgan fingerprint density at radius 3 is 3.05 bits per heavy atom. The lowest BCUT2D eigenvalue weighted by Gasteiger charge is -2.22. The molecule has 6 nitrogen and oxygen atoms in total. The quantitative estimate of drug-likeness (QED) is 0.782. The van der Waals surface area contributed by atoms with Crippen LogP contribution in [0.1, 0.15) is 19.3 Å². The minimum absolute atomic E-state index is 0.0161. The molecule has 3 N–H and O–H groups in total. The summed E-state index contributed by atoms with van der Waals surface area (Å²) < 4.78 is 16.1. The largest absolute Gasteiger partial charge is 0.495 e. The van der Waals surface area contributed by atoms with Gasteiger partial charge in [-0.2, -0.15) is 0 Å². The zero-order chi connectivity index (χ0) is 15.1. The van der Waals surface area contributed by atoms with Crippen LogP contribution in [0.5, 0.6) is 5.75 Å². The van der Waals surface area contributed by atoms with Gasteiger partial charge in [0.15, 0.2) is 0 Å². The maximum atomic E-state index is 11.9. The van der Waals surface area contributed by atoms with Crippen molar-refractivity contribution in [2.75, 3.05) is 38.0 Å². The van der Waals surface area contributed by atoms with Gasteiger partial charge >= 0.3 is 0 Å². The van der Waals surface area contributed by atoms with Gasteiger partial charge < -0.3 is 25.3 Å². The molecule has 0 saturated carbocycles. The third-order valence-corrected chi connectivity index (χ3v) is 3.31. The molecule has 1 aromatic carbocycles. The van der Waals surface area contributed by atoms with Crippen molar-refractivity contribution >= 4 is 17.3 Å². The molecule has 0 bridgehead atoms. The highest BCUT2D eigenvalue weighted by Crippen LogP contribution is 2.26. The van der Waals surface area contributed by atoms with E-state index in [9.17, 15) is 4.79 Å². The third-order valence-electron chi connectivity index (χ3n) is 3.31. The first-order valence-corrected chi connectivity index (χ1v) is 7.11. The molecule has 0 spiro atoms. The number of ether oxygens (including phenoxy) is 3. The number of nitrogens with two attached hydrogens (primary N) is 1. The van der Waals surface area contributed by atoms with Crippen LogP contribution in [0.2, 0.25) is 0 Å². The zero-order valence-electron chi connectivity index (χ0n) is 12.3. The molecule has 1 unspecified atom stereocenters. The maximum Gasteiger partial charge on any atom is 0.250 e. The van der Waals surface area contributed by atoms with Crippen molar-refractivity contribution in [2.24, 2.45) is 0 Å². The van der Waals surface area contributed by atoms with E-state index in [0.717, 1.165) is 25.9 Å². The third kappa shape index (κ3) is 4.91. The predicted molar refractivity (Wildman–Crippen MR) is 80.4 cm³/mol. The topological polar surface area (TPSA) is 82.8 Å². The van der Waals surface area contributed by atoms with Crippen molar-refractivity contribution in [3.05, 3.63) is 18.2 Å². The highest BCUT2D eigenvalue weighted by molar-refractivity contribution is 5.93. The second-order valence-corrected chi connectivity index (χ2v) is 5.01. The van der Waals surface area contributed by atoms with Gasteiger partial charge in [0.25, 0.3) is 0 Å². The smallest absolute Gasteiger partial charge is 0.250 e. The van der Waals surface area contributed by atoms with Gasteiger partial charge in [0.05, 0.1) is 25.5 Å². The Labute approximate surface area is 124 Å². The zero-order valence-corrected chi connectivity index (χ0v) is 12.3. The first kappa shape index (κ1) is 15.6. The van der Waals surface area contributed by atoms with Crippen molar-refractivity contribution < 1.29 is 19.0 Å². The van der Waals surface area contributed by atoms with E-state index in [4.69, 9.17) is 19.9 Å². The van der Waals surface area contributed by atoms with Crippen LogP contribution in [0.3, 0.4) is 0 Å². The van der Waals surface area contributed by atoms with Crippen LogP contribution < -0.4 is 15.8 Å². The number of carbonyl (C=O) groups is 1. The number of nitrogens with one attached hydrogen (secondary N) is 1. The number of anilines is 2. The molecule has 1 heterocycles. The number of methoxy groups -OCH3 is 1. The molecule has 21 heavy (non-hydrogen) atoms. The Kier molecular flexibility index (Phi) is 5.83. The maximum absolute atomic E-state index is 11.9. The van der Waals surface area contributed by atoms with Crippen molar-refractivity contribution in [1.82, 2.24) is 0 Å². The normalized spacial score (nSPS) is 18.2. The molecule has 1 aromatic rings. The molecule has 1 saturated heterocycles. The highest BCUT2D eigenvalue weighted by Gasteiger charge is 2.15. The first-order chi connectivity index (χ1) is 10.2.